The number of hydrogen-bond acceptors (Lipinski definition) is 5. The van der Waals surface area contributed by atoms with Crippen LogP contribution in [0.1, 0.15) is 36.6 Å². The zero-order valence-electron chi connectivity index (χ0n) is 23.6. The van der Waals surface area contributed by atoms with Gasteiger partial charge >= 0.3 is 0 Å². The summed E-state index contributed by atoms with van der Waals surface area (Å²) in [7, 11) is -4.05. The van der Waals surface area contributed by atoms with E-state index in [1.807, 2.05) is 12.1 Å². The lowest BCUT2D eigenvalue weighted by Gasteiger charge is -2.13. The molecule has 0 unspecified atom stereocenters. The zero-order chi connectivity index (χ0) is 31.1. The van der Waals surface area contributed by atoms with Gasteiger partial charge in [-0.25, -0.2) is 8.42 Å². The number of hydrogen-bond donors (Lipinski definition) is 4. The van der Waals surface area contributed by atoms with Crippen LogP contribution in [0.15, 0.2) is 132 Å². The van der Waals surface area contributed by atoms with E-state index in [4.69, 9.17) is 0 Å². The molecule has 9 nitrogen and oxygen atoms in total. The maximum Gasteiger partial charge on any atom is 0.262 e. The van der Waals surface area contributed by atoms with Crippen molar-refractivity contribution in [1.82, 2.24) is 0 Å². The van der Waals surface area contributed by atoms with Gasteiger partial charge in [0.1, 0.15) is 0 Å². The Balaban J connectivity index is 1.23. The topological polar surface area (TPSA) is 133 Å². The molecule has 0 saturated carbocycles. The molecular formula is C34H28N4O5S. The number of aryl methyl sites for hydroxylation is 1. The maximum atomic E-state index is 13.3. The summed E-state index contributed by atoms with van der Waals surface area (Å²) in [6.45, 7) is 1.64. The molecule has 0 fully saturated rings. The number of sulfonamides is 1. The minimum Gasteiger partial charge on any atom is -0.322 e. The number of nitrogens with one attached hydrogen (secondary N) is 4. The summed E-state index contributed by atoms with van der Waals surface area (Å²) < 4.78 is 29.1. The number of carbonyl (C=O) groups excluding carboxylic acids is 3. The van der Waals surface area contributed by atoms with Gasteiger partial charge in [-0.05, 0) is 97.4 Å². The predicted octanol–water partition coefficient (Wildman–Crippen LogP) is 6.55. The summed E-state index contributed by atoms with van der Waals surface area (Å²) in [4.78, 5) is 37.7. The lowest BCUT2D eigenvalue weighted by atomic mass is 10.1. The Morgan fingerprint density at radius 1 is 0.477 bits per heavy atom. The number of rotatable bonds is 9. The van der Waals surface area contributed by atoms with Crippen LogP contribution in [-0.4, -0.2) is 26.1 Å². The third-order valence-corrected chi connectivity index (χ3v) is 8.13. The Hall–Kier alpha value is -5.74. The first-order valence-electron chi connectivity index (χ1n) is 13.6. The summed E-state index contributed by atoms with van der Waals surface area (Å²) in [5.74, 6) is -1.04. The van der Waals surface area contributed by atoms with Gasteiger partial charge in [0.25, 0.3) is 27.7 Å². The third kappa shape index (κ3) is 7.36. The van der Waals surface area contributed by atoms with Crippen molar-refractivity contribution in [3.8, 4) is 0 Å². The van der Waals surface area contributed by atoms with Gasteiger partial charge in [0.2, 0.25) is 0 Å². The first kappa shape index (κ1) is 29.7. The molecule has 0 spiro atoms. The van der Waals surface area contributed by atoms with E-state index in [0.29, 0.717) is 33.8 Å². The summed E-state index contributed by atoms with van der Waals surface area (Å²) in [6, 6.07) is 34.8. The van der Waals surface area contributed by atoms with Crippen LogP contribution in [0.4, 0.5) is 22.7 Å². The Kier molecular flexibility index (Phi) is 8.82. The average Bonchev–Trinajstić information content (AvgIpc) is 3.03. The smallest absolute Gasteiger partial charge is 0.262 e. The molecule has 0 aliphatic rings. The van der Waals surface area contributed by atoms with Crippen LogP contribution in [-0.2, 0) is 10.0 Å². The van der Waals surface area contributed by atoms with Crippen molar-refractivity contribution < 1.29 is 22.8 Å². The lowest BCUT2D eigenvalue weighted by molar-refractivity contribution is 0.101. The molecule has 0 aromatic heterocycles. The second kappa shape index (κ2) is 13.1. The van der Waals surface area contributed by atoms with Crippen LogP contribution in [0.25, 0.3) is 0 Å². The second-order valence-electron chi connectivity index (χ2n) is 9.83. The zero-order valence-corrected chi connectivity index (χ0v) is 24.4. The van der Waals surface area contributed by atoms with Gasteiger partial charge in [-0.3, -0.25) is 19.1 Å². The molecule has 3 amide bonds. The van der Waals surface area contributed by atoms with Crippen LogP contribution in [0, 0.1) is 6.92 Å². The van der Waals surface area contributed by atoms with E-state index < -0.39 is 15.9 Å². The molecular weight excluding hydrogens is 576 g/mol. The highest BCUT2D eigenvalue weighted by Gasteiger charge is 2.20. The molecule has 44 heavy (non-hydrogen) atoms. The molecule has 5 aromatic rings. The maximum absolute atomic E-state index is 13.3. The first-order valence-corrected chi connectivity index (χ1v) is 15.0. The van der Waals surface area contributed by atoms with Gasteiger partial charge in [-0.2, -0.15) is 0 Å². The fourth-order valence-electron chi connectivity index (χ4n) is 4.29. The highest BCUT2D eigenvalue weighted by atomic mass is 32.2. The largest absolute Gasteiger partial charge is 0.322 e. The minimum atomic E-state index is -4.05. The Bertz CT molecular complexity index is 1910. The second-order valence-corrected chi connectivity index (χ2v) is 11.5. The Labute approximate surface area is 255 Å². The molecule has 5 rings (SSSR count). The van der Waals surface area contributed by atoms with Gasteiger partial charge in [0.15, 0.2) is 0 Å². The summed E-state index contributed by atoms with van der Waals surface area (Å²) >= 11 is 0. The molecule has 0 aliphatic heterocycles. The van der Waals surface area contributed by atoms with E-state index in [0.717, 1.165) is 0 Å². The fourth-order valence-corrected chi connectivity index (χ4v) is 5.62. The molecule has 5 aromatic carbocycles. The van der Waals surface area contributed by atoms with E-state index in [9.17, 15) is 22.8 Å². The molecule has 10 heteroatoms. The van der Waals surface area contributed by atoms with Gasteiger partial charge in [0, 0.05) is 39.4 Å². The van der Waals surface area contributed by atoms with Crippen molar-refractivity contribution >= 4 is 50.5 Å². The molecule has 0 heterocycles. The van der Waals surface area contributed by atoms with Crippen molar-refractivity contribution in [2.75, 3.05) is 20.7 Å². The van der Waals surface area contributed by atoms with Crippen molar-refractivity contribution in [3.63, 3.8) is 0 Å². The third-order valence-electron chi connectivity index (χ3n) is 6.61. The van der Waals surface area contributed by atoms with Gasteiger partial charge in [0.05, 0.1) is 4.90 Å². The summed E-state index contributed by atoms with van der Waals surface area (Å²) in [5.41, 5.74) is 3.44. The number of anilines is 4. The Morgan fingerprint density at radius 3 is 1.30 bits per heavy atom. The van der Waals surface area contributed by atoms with Gasteiger partial charge in [-0.15, -0.1) is 0 Å². The standard InChI is InChI=1S/C34H28N4O5S/c1-23-12-13-26(34(41)37-28-16-14-27(15-17-28)35-32(39)24-8-4-2-5-9-24)22-31(23)44(42,43)38-30-20-18-29(19-21-30)36-33(40)25-10-6-3-7-11-25/h2-22,38H,1H3,(H,35,39)(H,36,40)(H,37,41). The van der Waals surface area contributed by atoms with E-state index in [1.54, 1.807) is 104 Å². The predicted molar refractivity (Wildman–Crippen MR) is 172 cm³/mol. The Morgan fingerprint density at radius 2 is 0.864 bits per heavy atom. The lowest BCUT2D eigenvalue weighted by Crippen LogP contribution is -2.17. The van der Waals surface area contributed by atoms with Gasteiger partial charge in [-0.1, -0.05) is 42.5 Å². The SMILES string of the molecule is Cc1ccc(C(=O)Nc2ccc(NC(=O)c3ccccc3)cc2)cc1S(=O)(=O)Nc1ccc(NC(=O)c2ccccc2)cc1. The van der Waals surface area contributed by atoms with Crippen LogP contribution >= 0.6 is 0 Å². The molecule has 0 radical (unpaired) electrons. The number of amides is 3. The highest BCUT2D eigenvalue weighted by molar-refractivity contribution is 7.92. The molecule has 0 aliphatic carbocycles. The molecule has 220 valence electrons. The number of carbonyl (C=O) groups is 3. The first-order chi connectivity index (χ1) is 21.2. The van der Waals surface area contributed by atoms with Gasteiger partial charge < -0.3 is 16.0 Å². The summed E-state index contributed by atoms with van der Waals surface area (Å²) in [6.07, 6.45) is 0. The normalized spacial score (nSPS) is 10.8. The summed E-state index contributed by atoms with van der Waals surface area (Å²) in [5, 5.41) is 8.31. The van der Waals surface area contributed by atoms with E-state index in [2.05, 4.69) is 20.7 Å². The van der Waals surface area contributed by atoms with Crippen LogP contribution < -0.4 is 20.7 Å². The van der Waals surface area contributed by atoms with E-state index >= 15 is 0 Å². The van der Waals surface area contributed by atoms with Crippen molar-refractivity contribution in [1.29, 1.82) is 0 Å². The molecule has 0 bridgehead atoms. The monoisotopic (exact) mass is 604 g/mol. The van der Waals surface area contributed by atoms with E-state index in [1.165, 1.54) is 18.2 Å². The minimum absolute atomic E-state index is 0.0504. The van der Waals surface area contributed by atoms with Crippen LogP contribution in [0.5, 0.6) is 0 Å². The number of benzene rings is 5. The van der Waals surface area contributed by atoms with Crippen LogP contribution in [0.2, 0.25) is 0 Å². The fraction of sp³-hybridized carbons (Fsp3) is 0.0294. The molecule has 0 saturated heterocycles. The van der Waals surface area contributed by atoms with Crippen molar-refractivity contribution in [3.05, 3.63) is 150 Å². The quantitative estimate of drug-likeness (QED) is 0.151. The highest BCUT2D eigenvalue weighted by Crippen LogP contribution is 2.23. The van der Waals surface area contributed by atoms with Crippen LogP contribution in [0.3, 0.4) is 0 Å². The van der Waals surface area contributed by atoms with E-state index in [-0.39, 0.29) is 28.0 Å². The molecule has 0 atom stereocenters. The molecule has 4 N–H and O–H groups in total. The average molecular weight is 605 g/mol. The van der Waals surface area contributed by atoms with Crippen molar-refractivity contribution in [2.24, 2.45) is 0 Å². The van der Waals surface area contributed by atoms with Crippen molar-refractivity contribution in [2.45, 2.75) is 11.8 Å².